The number of nitrogens with zero attached hydrogens (tertiary/aromatic N) is 1. The number of aromatic nitrogens is 1. The molecule has 0 atom stereocenters. The van der Waals surface area contributed by atoms with E-state index in [1.54, 1.807) is 0 Å². The van der Waals surface area contributed by atoms with Crippen molar-refractivity contribution in [1.29, 1.82) is 0 Å². The van der Waals surface area contributed by atoms with Gasteiger partial charge in [-0.05, 0) is 52.5 Å². The quantitative estimate of drug-likeness (QED) is 0.300. The Balaban J connectivity index is 1.58. The molecule has 32 heavy (non-hydrogen) atoms. The van der Waals surface area contributed by atoms with Crippen molar-refractivity contribution in [2.24, 2.45) is 0 Å². The van der Waals surface area contributed by atoms with Crippen LogP contribution in [0.5, 0.6) is 0 Å². The molecule has 0 bridgehead atoms. The van der Waals surface area contributed by atoms with Gasteiger partial charge < -0.3 is 0 Å². The highest BCUT2D eigenvalue weighted by atomic mass is 31.1. The summed E-state index contributed by atoms with van der Waals surface area (Å²) in [5, 5.41) is 6.74. The molecule has 1 aliphatic rings. The Kier molecular flexibility index (Phi) is 4.49. The molecule has 6 rings (SSSR count). The van der Waals surface area contributed by atoms with Crippen LogP contribution in [0, 0.1) is 0 Å². The zero-order valence-corrected chi connectivity index (χ0v) is 19.2. The lowest BCUT2D eigenvalue weighted by atomic mass is 9.78. The van der Waals surface area contributed by atoms with Crippen LogP contribution in [0.3, 0.4) is 0 Å². The highest BCUT2D eigenvalue weighted by Gasteiger charge is 2.37. The molecule has 5 aromatic rings. The molecule has 0 saturated carbocycles. The normalized spacial score (nSPS) is 14.7. The first-order chi connectivity index (χ1) is 15.6. The number of rotatable bonds is 2. The molecule has 2 heteroatoms. The van der Waals surface area contributed by atoms with E-state index in [-0.39, 0.29) is 5.41 Å². The Bertz CT molecular complexity index is 1410. The fourth-order valence-corrected chi connectivity index (χ4v) is 8.07. The number of benzene rings is 4. The molecule has 4 aromatic carbocycles. The van der Waals surface area contributed by atoms with Gasteiger partial charge in [0.1, 0.15) is 0 Å². The van der Waals surface area contributed by atoms with E-state index in [1.165, 1.54) is 43.4 Å². The van der Waals surface area contributed by atoms with E-state index < -0.39 is 7.92 Å². The SMILES string of the molecule is CC1(C)c2ccccc2P(c2cccc(-c3nccc4ccccc34)c2)c2ccccc21. The molecule has 0 amide bonds. The average Bonchev–Trinajstić information content (AvgIpc) is 2.84. The van der Waals surface area contributed by atoms with Crippen molar-refractivity contribution in [2.75, 3.05) is 0 Å². The second-order valence-electron chi connectivity index (χ2n) is 8.93. The van der Waals surface area contributed by atoms with Crippen LogP contribution < -0.4 is 15.9 Å². The van der Waals surface area contributed by atoms with E-state index in [0.29, 0.717) is 0 Å². The lowest BCUT2D eigenvalue weighted by Crippen LogP contribution is -2.40. The number of fused-ring (bicyclic) bond motifs is 3. The molecule has 0 fully saturated rings. The summed E-state index contributed by atoms with van der Waals surface area (Å²) >= 11 is 0. The van der Waals surface area contributed by atoms with Gasteiger partial charge in [-0.1, -0.05) is 105 Å². The van der Waals surface area contributed by atoms with Gasteiger partial charge in [0.15, 0.2) is 0 Å². The van der Waals surface area contributed by atoms with Gasteiger partial charge in [-0.15, -0.1) is 0 Å². The number of hydrogen-bond donors (Lipinski definition) is 0. The van der Waals surface area contributed by atoms with Crippen LogP contribution in [0.1, 0.15) is 25.0 Å². The smallest absolute Gasteiger partial charge is 0.0780 e. The summed E-state index contributed by atoms with van der Waals surface area (Å²) in [6, 6.07) is 37.7. The van der Waals surface area contributed by atoms with E-state index in [2.05, 4.69) is 117 Å². The lowest BCUT2D eigenvalue weighted by molar-refractivity contribution is 0.647. The second-order valence-corrected chi connectivity index (χ2v) is 11.1. The van der Waals surface area contributed by atoms with Crippen LogP contribution in [0.15, 0.2) is 109 Å². The molecule has 0 aliphatic carbocycles. The topological polar surface area (TPSA) is 12.9 Å². The van der Waals surface area contributed by atoms with E-state index in [1.807, 2.05) is 6.20 Å². The third-order valence-corrected chi connectivity index (χ3v) is 9.23. The molecule has 1 nitrogen and oxygen atoms in total. The fourth-order valence-electron chi connectivity index (χ4n) is 5.09. The average molecular weight is 430 g/mol. The lowest BCUT2D eigenvalue weighted by Gasteiger charge is -2.39. The first-order valence-corrected chi connectivity index (χ1v) is 12.4. The fraction of sp³-hybridized carbons (Fsp3) is 0.100. The van der Waals surface area contributed by atoms with Gasteiger partial charge in [-0.3, -0.25) is 4.98 Å². The molecule has 0 unspecified atom stereocenters. The summed E-state index contributed by atoms with van der Waals surface area (Å²) in [5.41, 5.74) is 5.12. The maximum atomic E-state index is 4.78. The van der Waals surface area contributed by atoms with Gasteiger partial charge in [0.25, 0.3) is 0 Å². The summed E-state index contributed by atoms with van der Waals surface area (Å²) in [4.78, 5) is 4.78. The molecule has 0 saturated heterocycles. The number of pyridine rings is 1. The van der Waals surface area contributed by atoms with Crippen molar-refractivity contribution < 1.29 is 0 Å². The van der Waals surface area contributed by atoms with E-state index in [9.17, 15) is 0 Å². The minimum atomic E-state index is -0.635. The van der Waals surface area contributed by atoms with Gasteiger partial charge in [0.2, 0.25) is 0 Å². The van der Waals surface area contributed by atoms with Gasteiger partial charge in [-0.2, -0.15) is 0 Å². The van der Waals surface area contributed by atoms with Gasteiger partial charge >= 0.3 is 0 Å². The highest BCUT2D eigenvalue weighted by molar-refractivity contribution is 7.80. The van der Waals surface area contributed by atoms with Gasteiger partial charge in [0.05, 0.1) is 5.69 Å². The van der Waals surface area contributed by atoms with Crippen molar-refractivity contribution in [3.8, 4) is 11.3 Å². The van der Waals surface area contributed by atoms with Crippen molar-refractivity contribution >= 4 is 34.6 Å². The Morgan fingerprint density at radius 2 is 1.31 bits per heavy atom. The summed E-state index contributed by atoms with van der Waals surface area (Å²) in [6.07, 6.45) is 1.92. The predicted molar refractivity (Wildman–Crippen MR) is 138 cm³/mol. The Morgan fingerprint density at radius 1 is 0.656 bits per heavy atom. The van der Waals surface area contributed by atoms with Crippen LogP contribution in [-0.2, 0) is 5.41 Å². The third kappa shape index (κ3) is 2.93. The maximum Gasteiger partial charge on any atom is 0.0780 e. The van der Waals surface area contributed by atoms with Crippen LogP contribution >= 0.6 is 7.92 Å². The minimum absolute atomic E-state index is 0.000812. The highest BCUT2D eigenvalue weighted by Crippen LogP contribution is 2.46. The molecule has 1 aliphatic heterocycles. The second kappa shape index (κ2) is 7.40. The standard InChI is InChI=1S/C30H24NP/c1-30(2)25-14-5-7-16-27(25)32(28-17-8-6-15-26(28)30)23-12-9-11-22(20-23)29-24-13-4-3-10-21(24)18-19-31-29/h3-20H,1-2H3. The number of hydrogen-bond acceptors (Lipinski definition) is 1. The van der Waals surface area contributed by atoms with Crippen LogP contribution in [0.2, 0.25) is 0 Å². The third-order valence-electron chi connectivity index (χ3n) is 6.69. The van der Waals surface area contributed by atoms with Gasteiger partial charge in [-0.25, -0.2) is 0 Å². The van der Waals surface area contributed by atoms with Crippen LogP contribution in [-0.4, -0.2) is 4.98 Å². The van der Waals surface area contributed by atoms with Crippen molar-refractivity contribution in [3.05, 3.63) is 120 Å². The molecular formula is C30H24NP. The first-order valence-electron chi connectivity index (χ1n) is 11.1. The molecule has 0 radical (unpaired) electrons. The molecular weight excluding hydrogens is 405 g/mol. The Labute approximate surface area is 190 Å². The largest absolute Gasteiger partial charge is 0.256 e. The van der Waals surface area contributed by atoms with Crippen molar-refractivity contribution in [1.82, 2.24) is 4.98 Å². The first kappa shape index (κ1) is 19.4. The molecule has 2 heterocycles. The maximum absolute atomic E-state index is 4.78. The Hall–Kier alpha value is -3.28. The van der Waals surface area contributed by atoms with Crippen molar-refractivity contribution in [2.45, 2.75) is 19.3 Å². The zero-order valence-electron chi connectivity index (χ0n) is 18.3. The zero-order chi connectivity index (χ0) is 21.7. The molecule has 1 aromatic heterocycles. The van der Waals surface area contributed by atoms with E-state index in [0.717, 1.165) is 5.69 Å². The summed E-state index contributed by atoms with van der Waals surface area (Å²) in [6.45, 7) is 4.71. The van der Waals surface area contributed by atoms with E-state index in [4.69, 9.17) is 4.98 Å². The summed E-state index contributed by atoms with van der Waals surface area (Å²) in [5.74, 6) is 0. The van der Waals surface area contributed by atoms with Gasteiger partial charge in [0, 0.05) is 22.6 Å². The summed E-state index contributed by atoms with van der Waals surface area (Å²) in [7, 11) is -0.635. The predicted octanol–water partition coefficient (Wildman–Crippen LogP) is 6.30. The molecule has 0 spiro atoms. The van der Waals surface area contributed by atoms with Crippen LogP contribution in [0.4, 0.5) is 0 Å². The Morgan fingerprint density at radius 3 is 2.06 bits per heavy atom. The molecule has 154 valence electrons. The molecule has 0 N–H and O–H groups in total. The monoisotopic (exact) mass is 429 g/mol. The van der Waals surface area contributed by atoms with E-state index >= 15 is 0 Å². The van der Waals surface area contributed by atoms with Crippen LogP contribution in [0.25, 0.3) is 22.0 Å². The minimum Gasteiger partial charge on any atom is -0.256 e. The van der Waals surface area contributed by atoms with Crippen molar-refractivity contribution in [3.63, 3.8) is 0 Å². The summed E-state index contributed by atoms with van der Waals surface area (Å²) < 4.78 is 0.